The fraction of sp³-hybridized carbons (Fsp3) is 0.857. The molecule has 1 heteroatoms. The van der Waals surface area contributed by atoms with Crippen molar-refractivity contribution in [1.82, 2.24) is 0 Å². The molecule has 0 amide bonds. The number of carbonyl (C=O) groups is 1. The summed E-state index contributed by atoms with van der Waals surface area (Å²) in [7, 11) is 0. The highest BCUT2D eigenvalue weighted by Crippen LogP contribution is 2.44. The second-order valence-corrected chi connectivity index (χ2v) is 2.95. The van der Waals surface area contributed by atoms with Crippen molar-refractivity contribution < 1.29 is 4.79 Å². The van der Waals surface area contributed by atoms with Crippen LogP contribution in [0.15, 0.2) is 0 Å². The summed E-state index contributed by atoms with van der Waals surface area (Å²) >= 11 is 0. The number of hydrogen-bond acceptors (Lipinski definition) is 1. The van der Waals surface area contributed by atoms with Crippen LogP contribution in [0.25, 0.3) is 0 Å². The molecule has 0 unspecified atom stereocenters. The van der Waals surface area contributed by atoms with Gasteiger partial charge in [-0.05, 0) is 25.2 Å². The van der Waals surface area contributed by atoms with Gasteiger partial charge in [0.1, 0.15) is 5.78 Å². The second-order valence-electron chi connectivity index (χ2n) is 2.95. The van der Waals surface area contributed by atoms with Crippen molar-refractivity contribution in [2.24, 2.45) is 11.8 Å². The van der Waals surface area contributed by atoms with Gasteiger partial charge in [0.05, 0.1) is 0 Å². The van der Waals surface area contributed by atoms with Crippen LogP contribution in [-0.4, -0.2) is 5.78 Å². The minimum absolute atomic E-state index is 0.523. The van der Waals surface area contributed by atoms with Crippen LogP contribution in [0, 0.1) is 11.8 Å². The Hall–Kier alpha value is -0.330. The number of ketones is 1. The van der Waals surface area contributed by atoms with Crippen LogP contribution in [0.5, 0.6) is 0 Å². The predicted octanol–water partition coefficient (Wildman–Crippen LogP) is 1.38. The molecule has 0 aromatic heterocycles. The molecule has 0 radical (unpaired) electrons. The van der Waals surface area contributed by atoms with Crippen LogP contribution in [0.1, 0.15) is 25.7 Å². The predicted molar refractivity (Wildman–Crippen MR) is 30.5 cm³/mol. The number of rotatable bonds is 1. The monoisotopic (exact) mass is 110 g/mol. The maximum Gasteiger partial charge on any atom is 0.136 e. The van der Waals surface area contributed by atoms with Crippen molar-refractivity contribution in [1.29, 1.82) is 0 Å². The molecule has 2 saturated carbocycles. The van der Waals surface area contributed by atoms with E-state index in [9.17, 15) is 4.79 Å². The molecule has 0 aliphatic heterocycles. The Morgan fingerprint density at radius 2 is 2.00 bits per heavy atom. The Balaban J connectivity index is 1.96. The SMILES string of the molecule is O=C1CC[C@H]1C1CC1. The molecule has 0 heterocycles. The van der Waals surface area contributed by atoms with Gasteiger partial charge in [-0.25, -0.2) is 0 Å². The van der Waals surface area contributed by atoms with E-state index in [1.807, 2.05) is 0 Å². The molecule has 0 N–H and O–H groups in total. The number of Topliss-reactive ketones (excluding diaryl/α,β-unsaturated/α-hetero) is 1. The van der Waals surface area contributed by atoms with Gasteiger partial charge in [-0.2, -0.15) is 0 Å². The third-order valence-electron chi connectivity index (χ3n) is 2.31. The first-order valence-electron chi connectivity index (χ1n) is 3.40. The Bertz CT molecular complexity index is 124. The molecule has 2 aliphatic rings. The minimum atomic E-state index is 0.523. The molecule has 2 rings (SSSR count). The quantitative estimate of drug-likeness (QED) is 0.498. The van der Waals surface area contributed by atoms with Crippen LogP contribution in [0.3, 0.4) is 0 Å². The van der Waals surface area contributed by atoms with E-state index < -0.39 is 0 Å². The molecule has 0 aromatic rings. The van der Waals surface area contributed by atoms with Gasteiger partial charge >= 0.3 is 0 Å². The van der Waals surface area contributed by atoms with Crippen molar-refractivity contribution >= 4 is 5.78 Å². The van der Waals surface area contributed by atoms with Gasteiger partial charge in [0.2, 0.25) is 0 Å². The van der Waals surface area contributed by atoms with Crippen LogP contribution >= 0.6 is 0 Å². The summed E-state index contributed by atoms with van der Waals surface area (Å²) in [6, 6.07) is 0. The topological polar surface area (TPSA) is 17.1 Å². The average Bonchev–Trinajstić information content (AvgIpc) is 2.46. The Labute approximate surface area is 49.1 Å². The van der Waals surface area contributed by atoms with Gasteiger partial charge in [0.25, 0.3) is 0 Å². The molecular weight excluding hydrogens is 100 g/mol. The smallest absolute Gasteiger partial charge is 0.136 e. The maximum atomic E-state index is 10.7. The van der Waals surface area contributed by atoms with Gasteiger partial charge in [-0.15, -0.1) is 0 Å². The lowest BCUT2D eigenvalue weighted by Crippen LogP contribution is -2.26. The maximum absolute atomic E-state index is 10.7. The Morgan fingerprint density at radius 3 is 2.12 bits per heavy atom. The second kappa shape index (κ2) is 1.34. The van der Waals surface area contributed by atoms with E-state index in [4.69, 9.17) is 0 Å². The molecule has 1 atom stereocenters. The van der Waals surface area contributed by atoms with Crippen LogP contribution in [0.4, 0.5) is 0 Å². The first-order valence-corrected chi connectivity index (χ1v) is 3.40. The van der Waals surface area contributed by atoms with E-state index >= 15 is 0 Å². The highest BCUT2D eigenvalue weighted by molar-refractivity contribution is 5.86. The standard InChI is InChI=1S/C7H10O/c8-7-4-3-6(7)5-1-2-5/h5-6H,1-4H2/t6-/m0/s1. The summed E-state index contributed by atoms with van der Waals surface area (Å²) in [5.74, 6) is 1.89. The normalized spacial score (nSPS) is 37.0. The van der Waals surface area contributed by atoms with E-state index in [1.165, 1.54) is 19.3 Å². The molecule has 0 spiro atoms. The summed E-state index contributed by atoms with van der Waals surface area (Å²) in [6.07, 6.45) is 4.73. The van der Waals surface area contributed by atoms with Crippen molar-refractivity contribution in [2.45, 2.75) is 25.7 Å². The molecule has 0 saturated heterocycles. The van der Waals surface area contributed by atoms with Gasteiger partial charge in [-0.1, -0.05) is 0 Å². The summed E-state index contributed by atoms with van der Waals surface area (Å²) in [5.41, 5.74) is 0. The van der Waals surface area contributed by atoms with Gasteiger partial charge in [0, 0.05) is 12.3 Å². The molecule has 8 heavy (non-hydrogen) atoms. The number of carbonyl (C=O) groups excluding carboxylic acids is 1. The summed E-state index contributed by atoms with van der Waals surface area (Å²) in [4.78, 5) is 10.7. The summed E-state index contributed by atoms with van der Waals surface area (Å²) in [5, 5.41) is 0. The van der Waals surface area contributed by atoms with E-state index in [2.05, 4.69) is 0 Å². The summed E-state index contributed by atoms with van der Waals surface area (Å²) < 4.78 is 0. The third-order valence-corrected chi connectivity index (χ3v) is 2.31. The average molecular weight is 110 g/mol. The van der Waals surface area contributed by atoms with Crippen molar-refractivity contribution in [3.8, 4) is 0 Å². The third kappa shape index (κ3) is 0.504. The number of hydrogen-bond donors (Lipinski definition) is 0. The van der Waals surface area contributed by atoms with Crippen LogP contribution in [-0.2, 0) is 4.79 Å². The molecule has 1 nitrogen and oxygen atoms in total. The fourth-order valence-electron chi connectivity index (χ4n) is 1.43. The van der Waals surface area contributed by atoms with Crippen molar-refractivity contribution in [2.75, 3.05) is 0 Å². The molecule has 2 fully saturated rings. The van der Waals surface area contributed by atoms with E-state index in [0.717, 1.165) is 12.3 Å². The molecule has 0 bridgehead atoms. The van der Waals surface area contributed by atoms with Crippen LogP contribution in [0.2, 0.25) is 0 Å². The zero-order chi connectivity index (χ0) is 5.56. The lowest BCUT2D eigenvalue weighted by Gasteiger charge is -2.22. The van der Waals surface area contributed by atoms with Gasteiger partial charge in [0.15, 0.2) is 0 Å². The van der Waals surface area contributed by atoms with Crippen molar-refractivity contribution in [3.05, 3.63) is 0 Å². The highest BCUT2D eigenvalue weighted by Gasteiger charge is 2.40. The molecule has 2 aliphatic carbocycles. The van der Waals surface area contributed by atoms with E-state index in [-0.39, 0.29) is 0 Å². The van der Waals surface area contributed by atoms with E-state index in [1.54, 1.807) is 0 Å². The highest BCUT2D eigenvalue weighted by atomic mass is 16.1. The minimum Gasteiger partial charge on any atom is -0.299 e. The molecule has 0 aromatic carbocycles. The Kier molecular flexibility index (Phi) is 0.758. The first-order chi connectivity index (χ1) is 3.88. The zero-order valence-corrected chi connectivity index (χ0v) is 4.89. The van der Waals surface area contributed by atoms with Gasteiger partial charge in [-0.3, -0.25) is 4.79 Å². The van der Waals surface area contributed by atoms with Crippen molar-refractivity contribution in [3.63, 3.8) is 0 Å². The zero-order valence-electron chi connectivity index (χ0n) is 4.89. The lowest BCUT2D eigenvalue weighted by molar-refractivity contribution is -0.130. The van der Waals surface area contributed by atoms with Gasteiger partial charge < -0.3 is 0 Å². The summed E-state index contributed by atoms with van der Waals surface area (Å²) in [6.45, 7) is 0. The fourth-order valence-corrected chi connectivity index (χ4v) is 1.43. The first kappa shape index (κ1) is 4.54. The largest absolute Gasteiger partial charge is 0.299 e. The Morgan fingerprint density at radius 1 is 1.25 bits per heavy atom. The molecular formula is C7H10O. The lowest BCUT2D eigenvalue weighted by atomic mass is 9.80. The van der Waals surface area contributed by atoms with E-state index in [0.29, 0.717) is 11.7 Å². The molecule has 44 valence electrons. The van der Waals surface area contributed by atoms with Crippen LogP contribution < -0.4 is 0 Å².